The third-order valence-corrected chi connectivity index (χ3v) is 3.21. The number of halogens is 3. The molecule has 0 aliphatic heterocycles. The molecule has 0 bridgehead atoms. The third kappa shape index (κ3) is 3.41. The maximum Gasteiger partial charge on any atom is 0.416 e. The maximum absolute atomic E-state index is 12.6. The van der Waals surface area contributed by atoms with Gasteiger partial charge in [-0.25, -0.2) is 15.0 Å². The molecule has 2 heterocycles. The van der Waals surface area contributed by atoms with Crippen LogP contribution in [-0.2, 0) is 12.6 Å². The van der Waals surface area contributed by atoms with Crippen molar-refractivity contribution in [2.45, 2.75) is 12.6 Å². The molecule has 2 aromatic heterocycles. The minimum absolute atomic E-state index is 0.0663. The fourth-order valence-electron chi connectivity index (χ4n) is 2.03. The maximum atomic E-state index is 12.6. The molecule has 0 fully saturated rings. The minimum Gasteiger partial charge on any atom is -0.440 e. The molecule has 0 amide bonds. The van der Waals surface area contributed by atoms with Crippen molar-refractivity contribution in [2.24, 2.45) is 0 Å². The van der Waals surface area contributed by atoms with Crippen LogP contribution in [0.4, 0.5) is 13.2 Å². The fourth-order valence-corrected chi connectivity index (χ4v) is 2.03. The highest BCUT2D eigenvalue weighted by Gasteiger charge is 2.30. The van der Waals surface area contributed by atoms with Crippen LogP contribution < -0.4 is 0 Å². The van der Waals surface area contributed by atoms with Gasteiger partial charge in [-0.2, -0.15) is 18.4 Å². The van der Waals surface area contributed by atoms with Crippen LogP contribution in [0, 0.1) is 11.3 Å². The molecule has 120 valence electrons. The Kier molecular flexibility index (Phi) is 4.00. The monoisotopic (exact) mass is 330 g/mol. The largest absolute Gasteiger partial charge is 0.440 e. The zero-order valence-electron chi connectivity index (χ0n) is 12.1. The first-order valence-corrected chi connectivity index (χ1v) is 6.79. The Hall–Kier alpha value is -3.21. The molecule has 8 heteroatoms. The number of nitriles is 1. The molecule has 0 radical (unpaired) electrons. The highest BCUT2D eigenvalue weighted by molar-refractivity contribution is 5.56. The number of hydrogen-bond acceptors (Lipinski definition) is 5. The van der Waals surface area contributed by atoms with Crippen molar-refractivity contribution in [3.8, 4) is 17.4 Å². The predicted molar refractivity (Wildman–Crippen MR) is 76.5 cm³/mol. The molecule has 1 aromatic carbocycles. The first-order valence-electron chi connectivity index (χ1n) is 6.79. The summed E-state index contributed by atoms with van der Waals surface area (Å²) in [4.78, 5) is 11.8. The molecular weight excluding hydrogens is 321 g/mol. The average Bonchev–Trinajstić information content (AvgIpc) is 3.03. The number of alkyl halides is 3. The van der Waals surface area contributed by atoms with Crippen molar-refractivity contribution >= 4 is 0 Å². The second-order valence-electron chi connectivity index (χ2n) is 4.90. The predicted octanol–water partition coefficient (Wildman–Crippen LogP) is 3.61. The van der Waals surface area contributed by atoms with Gasteiger partial charge in [-0.1, -0.05) is 12.1 Å². The van der Waals surface area contributed by atoms with Crippen LogP contribution in [0.2, 0.25) is 0 Å². The summed E-state index contributed by atoms with van der Waals surface area (Å²) in [5, 5.41) is 8.64. The van der Waals surface area contributed by atoms with Gasteiger partial charge in [0.05, 0.1) is 18.2 Å². The molecule has 0 N–H and O–H groups in total. The normalized spacial score (nSPS) is 11.2. The van der Waals surface area contributed by atoms with E-state index in [1.807, 2.05) is 6.07 Å². The molecule has 3 aromatic rings. The van der Waals surface area contributed by atoms with Gasteiger partial charge in [-0.3, -0.25) is 0 Å². The van der Waals surface area contributed by atoms with E-state index in [0.717, 1.165) is 12.1 Å². The highest BCUT2D eigenvalue weighted by Crippen LogP contribution is 2.31. The third-order valence-electron chi connectivity index (χ3n) is 3.21. The van der Waals surface area contributed by atoms with Crippen LogP contribution in [0.25, 0.3) is 11.3 Å². The number of benzene rings is 1. The van der Waals surface area contributed by atoms with E-state index < -0.39 is 11.7 Å². The van der Waals surface area contributed by atoms with E-state index in [0.29, 0.717) is 29.2 Å². The molecule has 0 saturated carbocycles. The van der Waals surface area contributed by atoms with Crippen molar-refractivity contribution in [2.75, 3.05) is 0 Å². The van der Waals surface area contributed by atoms with E-state index in [9.17, 15) is 13.2 Å². The number of aromatic nitrogens is 3. The lowest BCUT2D eigenvalue weighted by atomic mass is 10.1. The van der Waals surface area contributed by atoms with Crippen LogP contribution >= 0.6 is 0 Å². The Morgan fingerprint density at radius 2 is 1.67 bits per heavy atom. The Balaban J connectivity index is 1.76. The summed E-state index contributed by atoms with van der Waals surface area (Å²) in [5.74, 6) is 0.808. The minimum atomic E-state index is -4.37. The molecule has 3 rings (SSSR count). The molecule has 0 aliphatic rings. The molecular formula is C16H9F3N4O. The van der Waals surface area contributed by atoms with Gasteiger partial charge in [0.15, 0.2) is 11.7 Å². The topological polar surface area (TPSA) is 75.6 Å². The van der Waals surface area contributed by atoms with Crippen LogP contribution in [0.15, 0.2) is 47.3 Å². The smallest absolute Gasteiger partial charge is 0.416 e. The summed E-state index contributed by atoms with van der Waals surface area (Å²) < 4.78 is 43.2. The zero-order valence-corrected chi connectivity index (χ0v) is 12.1. The summed E-state index contributed by atoms with van der Waals surface area (Å²) in [6.07, 6.45) is 0.372. The molecule has 0 saturated heterocycles. The quantitative estimate of drug-likeness (QED) is 0.733. The van der Waals surface area contributed by atoms with Crippen molar-refractivity contribution in [1.29, 1.82) is 5.26 Å². The van der Waals surface area contributed by atoms with E-state index in [1.165, 1.54) is 30.7 Å². The van der Waals surface area contributed by atoms with E-state index in [4.69, 9.17) is 9.68 Å². The number of oxazole rings is 1. The van der Waals surface area contributed by atoms with Gasteiger partial charge in [0.1, 0.15) is 6.07 Å². The lowest BCUT2D eigenvalue weighted by Crippen LogP contribution is -2.03. The molecule has 0 spiro atoms. The Morgan fingerprint density at radius 1 is 1.00 bits per heavy atom. The van der Waals surface area contributed by atoms with Gasteiger partial charge in [-0.05, 0) is 17.7 Å². The fraction of sp³-hybridized carbons (Fsp3) is 0.125. The van der Waals surface area contributed by atoms with E-state index >= 15 is 0 Å². The van der Waals surface area contributed by atoms with E-state index in [2.05, 4.69) is 15.0 Å². The molecule has 5 nitrogen and oxygen atoms in total. The van der Waals surface area contributed by atoms with E-state index in [1.54, 1.807) is 0 Å². The molecule has 0 unspecified atom stereocenters. The van der Waals surface area contributed by atoms with Crippen LogP contribution in [0.3, 0.4) is 0 Å². The molecule has 0 aliphatic carbocycles. The zero-order chi connectivity index (χ0) is 17.2. The summed E-state index contributed by atoms with van der Waals surface area (Å²) >= 11 is 0. The number of hydrogen-bond donors (Lipinski definition) is 0. The Labute approximate surface area is 134 Å². The molecule has 0 atom stereocenters. The second-order valence-corrected chi connectivity index (χ2v) is 4.90. The summed E-state index contributed by atoms with van der Waals surface area (Å²) in [6, 6.07) is 6.46. The van der Waals surface area contributed by atoms with Gasteiger partial charge in [0, 0.05) is 18.0 Å². The van der Waals surface area contributed by atoms with Gasteiger partial charge in [0.2, 0.25) is 5.82 Å². The van der Waals surface area contributed by atoms with Crippen molar-refractivity contribution in [1.82, 2.24) is 15.0 Å². The Morgan fingerprint density at radius 3 is 2.25 bits per heavy atom. The van der Waals surface area contributed by atoms with Crippen LogP contribution in [0.1, 0.15) is 22.8 Å². The van der Waals surface area contributed by atoms with Crippen molar-refractivity contribution in [3.05, 3.63) is 65.7 Å². The summed E-state index contributed by atoms with van der Waals surface area (Å²) in [7, 11) is 0. The van der Waals surface area contributed by atoms with Crippen LogP contribution in [0.5, 0.6) is 0 Å². The first kappa shape index (κ1) is 15.7. The van der Waals surface area contributed by atoms with Gasteiger partial charge in [-0.15, -0.1) is 0 Å². The van der Waals surface area contributed by atoms with Crippen molar-refractivity contribution < 1.29 is 17.6 Å². The van der Waals surface area contributed by atoms with Crippen molar-refractivity contribution in [3.63, 3.8) is 0 Å². The second kappa shape index (κ2) is 6.12. The first-order chi connectivity index (χ1) is 11.5. The molecule has 24 heavy (non-hydrogen) atoms. The lowest BCUT2D eigenvalue weighted by Gasteiger charge is -2.06. The SMILES string of the molecule is N#Cc1ncc(Cc2ncc(-c3ccc(C(F)(F)F)cc3)o2)cn1. The lowest BCUT2D eigenvalue weighted by molar-refractivity contribution is -0.137. The Bertz CT molecular complexity index is 877. The van der Waals surface area contributed by atoms with Gasteiger partial charge < -0.3 is 4.42 Å². The number of nitrogens with zero attached hydrogens (tertiary/aromatic N) is 4. The van der Waals surface area contributed by atoms with Crippen LogP contribution in [-0.4, -0.2) is 15.0 Å². The van der Waals surface area contributed by atoms with Gasteiger partial charge >= 0.3 is 6.18 Å². The standard InChI is InChI=1S/C16H9F3N4O/c17-16(18,19)12-3-1-11(2-4-12)13-9-23-15(24-13)5-10-7-21-14(6-20)22-8-10/h1-4,7-9H,5H2. The van der Waals surface area contributed by atoms with Gasteiger partial charge in [0.25, 0.3) is 0 Å². The number of rotatable bonds is 3. The van der Waals surface area contributed by atoms with E-state index in [-0.39, 0.29) is 5.82 Å². The summed E-state index contributed by atoms with van der Waals surface area (Å²) in [5.41, 5.74) is 0.480. The average molecular weight is 330 g/mol. The summed E-state index contributed by atoms with van der Waals surface area (Å²) in [6.45, 7) is 0. The highest BCUT2D eigenvalue weighted by atomic mass is 19.4.